The van der Waals surface area contributed by atoms with Gasteiger partial charge >= 0.3 is 0 Å². The first-order chi connectivity index (χ1) is 8.59. The Kier molecular flexibility index (Phi) is 3.67. The maximum absolute atomic E-state index is 12.1. The molecule has 18 heavy (non-hydrogen) atoms. The third kappa shape index (κ3) is 2.54. The number of furan rings is 1. The largest absolute Gasteiger partial charge is 0.464 e. The Morgan fingerprint density at radius 2 is 2.17 bits per heavy atom. The van der Waals surface area contributed by atoms with E-state index in [1.807, 2.05) is 26.0 Å². The average Bonchev–Trinajstić information content (AvgIpc) is 2.83. The minimum atomic E-state index is -0.113. The first kappa shape index (κ1) is 12.6. The zero-order chi connectivity index (χ0) is 13.1. The van der Waals surface area contributed by atoms with E-state index in [-0.39, 0.29) is 11.9 Å². The Morgan fingerprint density at radius 1 is 1.39 bits per heavy atom. The van der Waals surface area contributed by atoms with Gasteiger partial charge in [-0.3, -0.25) is 4.79 Å². The minimum Gasteiger partial charge on any atom is -0.464 e. The fraction of sp³-hybridized carbons (Fsp3) is 0.357. The van der Waals surface area contributed by atoms with Crippen molar-refractivity contribution in [3.8, 4) is 0 Å². The third-order valence-electron chi connectivity index (χ3n) is 3.10. The van der Waals surface area contributed by atoms with Crippen LogP contribution in [0.5, 0.6) is 0 Å². The topological polar surface area (TPSA) is 68.3 Å². The van der Waals surface area contributed by atoms with E-state index in [0.29, 0.717) is 18.0 Å². The molecule has 96 valence electrons. The molecule has 0 aliphatic heterocycles. The molecule has 3 N–H and O–H groups in total. The van der Waals surface area contributed by atoms with E-state index >= 15 is 0 Å². The van der Waals surface area contributed by atoms with Gasteiger partial charge in [0.05, 0.1) is 11.8 Å². The minimum absolute atomic E-state index is 0.0301. The lowest BCUT2D eigenvalue weighted by Crippen LogP contribution is -2.40. The SMILES string of the molecule is CC(C)[C@H](N)CNC(=O)c1cccc2occc12. The first-order valence-corrected chi connectivity index (χ1v) is 6.09. The zero-order valence-corrected chi connectivity index (χ0v) is 10.6. The van der Waals surface area contributed by atoms with Crippen LogP contribution in [0.4, 0.5) is 0 Å². The number of nitrogens with one attached hydrogen (secondary N) is 1. The standard InChI is InChI=1S/C14H18N2O2/c1-9(2)12(15)8-16-14(17)11-4-3-5-13-10(11)6-7-18-13/h3-7,9,12H,8,15H2,1-2H3,(H,16,17)/t12-/m1/s1. The van der Waals surface area contributed by atoms with E-state index in [2.05, 4.69) is 5.32 Å². The summed E-state index contributed by atoms with van der Waals surface area (Å²) in [5, 5.41) is 3.68. The number of benzene rings is 1. The van der Waals surface area contributed by atoms with Crippen molar-refractivity contribution in [3.05, 3.63) is 36.1 Å². The van der Waals surface area contributed by atoms with Gasteiger partial charge in [0.1, 0.15) is 5.58 Å². The molecular formula is C14H18N2O2. The third-order valence-corrected chi connectivity index (χ3v) is 3.10. The molecular weight excluding hydrogens is 228 g/mol. The Bertz CT molecular complexity index is 545. The van der Waals surface area contributed by atoms with Crippen LogP contribution in [0, 0.1) is 5.92 Å². The van der Waals surface area contributed by atoms with Crippen LogP contribution in [-0.4, -0.2) is 18.5 Å². The van der Waals surface area contributed by atoms with E-state index in [1.165, 1.54) is 0 Å². The van der Waals surface area contributed by atoms with Crippen molar-refractivity contribution in [2.75, 3.05) is 6.54 Å². The van der Waals surface area contributed by atoms with Crippen LogP contribution in [0.3, 0.4) is 0 Å². The Morgan fingerprint density at radius 3 is 2.89 bits per heavy atom. The van der Waals surface area contributed by atoms with Crippen molar-refractivity contribution in [2.24, 2.45) is 11.7 Å². The maximum atomic E-state index is 12.1. The van der Waals surface area contributed by atoms with Gasteiger partial charge in [0.2, 0.25) is 0 Å². The molecule has 0 radical (unpaired) electrons. The molecule has 0 aliphatic rings. The molecule has 2 aromatic rings. The maximum Gasteiger partial charge on any atom is 0.252 e. The number of carbonyl (C=O) groups excluding carboxylic acids is 1. The van der Waals surface area contributed by atoms with Crippen LogP contribution >= 0.6 is 0 Å². The van der Waals surface area contributed by atoms with Crippen molar-refractivity contribution in [3.63, 3.8) is 0 Å². The Balaban J connectivity index is 2.12. The fourth-order valence-corrected chi connectivity index (χ4v) is 1.73. The smallest absolute Gasteiger partial charge is 0.252 e. The van der Waals surface area contributed by atoms with E-state index in [1.54, 1.807) is 18.4 Å². The molecule has 0 spiro atoms. The van der Waals surface area contributed by atoms with Gasteiger partial charge in [-0.25, -0.2) is 0 Å². The summed E-state index contributed by atoms with van der Waals surface area (Å²) in [6.07, 6.45) is 1.58. The number of hydrogen-bond acceptors (Lipinski definition) is 3. The van der Waals surface area contributed by atoms with Crippen LogP contribution in [0.15, 0.2) is 34.9 Å². The molecule has 4 heteroatoms. The van der Waals surface area contributed by atoms with Gasteiger partial charge in [-0.05, 0) is 24.1 Å². The number of rotatable bonds is 4. The van der Waals surface area contributed by atoms with Crippen LogP contribution in [-0.2, 0) is 0 Å². The summed E-state index contributed by atoms with van der Waals surface area (Å²) in [5.41, 5.74) is 7.24. The van der Waals surface area contributed by atoms with E-state index < -0.39 is 0 Å². The molecule has 0 unspecified atom stereocenters. The predicted octanol–water partition coefficient (Wildman–Crippen LogP) is 2.15. The molecule has 0 bridgehead atoms. The fourth-order valence-electron chi connectivity index (χ4n) is 1.73. The lowest BCUT2D eigenvalue weighted by Gasteiger charge is -2.16. The van der Waals surface area contributed by atoms with Gasteiger partial charge in [-0.1, -0.05) is 19.9 Å². The second-order valence-corrected chi connectivity index (χ2v) is 4.76. The highest BCUT2D eigenvalue weighted by molar-refractivity contribution is 6.05. The molecule has 1 amide bonds. The molecule has 1 heterocycles. The zero-order valence-electron chi connectivity index (χ0n) is 10.6. The van der Waals surface area contributed by atoms with Crippen molar-refractivity contribution in [2.45, 2.75) is 19.9 Å². The first-order valence-electron chi connectivity index (χ1n) is 6.09. The average molecular weight is 246 g/mol. The molecule has 1 aromatic carbocycles. The van der Waals surface area contributed by atoms with Crippen LogP contribution in [0.2, 0.25) is 0 Å². The van der Waals surface area contributed by atoms with Gasteiger partial charge in [0.25, 0.3) is 5.91 Å². The number of hydrogen-bond donors (Lipinski definition) is 2. The second kappa shape index (κ2) is 5.23. The highest BCUT2D eigenvalue weighted by atomic mass is 16.3. The monoisotopic (exact) mass is 246 g/mol. The normalized spacial score (nSPS) is 12.9. The summed E-state index contributed by atoms with van der Waals surface area (Å²) < 4.78 is 5.27. The quantitative estimate of drug-likeness (QED) is 0.868. The number of amides is 1. The van der Waals surface area contributed by atoms with Crippen molar-refractivity contribution in [1.82, 2.24) is 5.32 Å². The molecule has 1 aromatic heterocycles. The van der Waals surface area contributed by atoms with Crippen LogP contribution in [0.1, 0.15) is 24.2 Å². The van der Waals surface area contributed by atoms with E-state index in [4.69, 9.17) is 10.2 Å². The van der Waals surface area contributed by atoms with Gasteiger partial charge in [0.15, 0.2) is 0 Å². The summed E-state index contributed by atoms with van der Waals surface area (Å²) >= 11 is 0. The second-order valence-electron chi connectivity index (χ2n) is 4.76. The molecule has 0 saturated carbocycles. The highest BCUT2D eigenvalue weighted by Gasteiger charge is 2.13. The summed E-state index contributed by atoms with van der Waals surface area (Å²) in [5.74, 6) is 0.230. The molecule has 0 saturated heterocycles. The molecule has 2 rings (SSSR count). The Hall–Kier alpha value is -1.81. The van der Waals surface area contributed by atoms with Gasteiger partial charge < -0.3 is 15.5 Å². The summed E-state index contributed by atoms with van der Waals surface area (Å²) in [6, 6.07) is 7.20. The van der Waals surface area contributed by atoms with Crippen molar-refractivity contribution < 1.29 is 9.21 Å². The summed E-state index contributed by atoms with van der Waals surface area (Å²) in [7, 11) is 0. The molecule has 0 fully saturated rings. The lowest BCUT2D eigenvalue weighted by atomic mass is 10.1. The molecule has 0 aliphatic carbocycles. The summed E-state index contributed by atoms with van der Waals surface area (Å²) in [4.78, 5) is 12.1. The predicted molar refractivity (Wildman–Crippen MR) is 71.4 cm³/mol. The molecule has 1 atom stereocenters. The van der Waals surface area contributed by atoms with Crippen LogP contribution < -0.4 is 11.1 Å². The van der Waals surface area contributed by atoms with E-state index in [9.17, 15) is 4.79 Å². The number of fused-ring (bicyclic) bond motifs is 1. The van der Waals surface area contributed by atoms with Gasteiger partial charge in [-0.15, -0.1) is 0 Å². The lowest BCUT2D eigenvalue weighted by molar-refractivity contribution is 0.0951. The highest BCUT2D eigenvalue weighted by Crippen LogP contribution is 2.19. The van der Waals surface area contributed by atoms with Crippen LogP contribution in [0.25, 0.3) is 11.0 Å². The van der Waals surface area contributed by atoms with Gasteiger partial charge in [0, 0.05) is 18.0 Å². The number of carbonyl (C=O) groups is 1. The number of nitrogens with two attached hydrogens (primary N) is 1. The van der Waals surface area contributed by atoms with Crippen molar-refractivity contribution >= 4 is 16.9 Å². The molecule has 4 nitrogen and oxygen atoms in total. The van der Waals surface area contributed by atoms with Crippen molar-refractivity contribution in [1.29, 1.82) is 0 Å². The Labute approximate surface area is 106 Å². The van der Waals surface area contributed by atoms with E-state index in [0.717, 1.165) is 11.0 Å². The van der Waals surface area contributed by atoms with Gasteiger partial charge in [-0.2, -0.15) is 0 Å². The summed E-state index contributed by atoms with van der Waals surface area (Å²) in [6.45, 7) is 4.55.